The highest BCUT2D eigenvalue weighted by molar-refractivity contribution is 6.03. The molecule has 0 spiro atoms. The van der Waals surface area contributed by atoms with Crippen LogP contribution in [0.3, 0.4) is 0 Å². The molecule has 0 saturated carbocycles. The van der Waals surface area contributed by atoms with E-state index in [2.05, 4.69) is 15.6 Å². The summed E-state index contributed by atoms with van der Waals surface area (Å²) in [4.78, 5) is 16.5. The fourth-order valence-corrected chi connectivity index (χ4v) is 2.75. The molecule has 0 fully saturated rings. The van der Waals surface area contributed by atoms with Gasteiger partial charge < -0.3 is 15.4 Å². The zero-order valence-electron chi connectivity index (χ0n) is 15.5. The molecular formula is C22H20N4O2. The molecule has 0 aliphatic heterocycles. The minimum absolute atomic E-state index is 0.303. The van der Waals surface area contributed by atoms with Crippen LogP contribution in [0.15, 0.2) is 66.9 Å². The lowest BCUT2D eigenvalue weighted by Gasteiger charge is -2.10. The van der Waals surface area contributed by atoms with Crippen LogP contribution in [0.25, 0.3) is 0 Å². The number of pyridine rings is 1. The van der Waals surface area contributed by atoms with Crippen LogP contribution in [0.1, 0.15) is 21.6 Å². The Balaban J connectivity index is 1.55. The summed E-state index contributed by atoms with van der Waals surface area (Å²) >= 11 is 0. The smallest absolute Gasteiger partial charge is 0.274 e. The molecule has 0 bridgehead atoms. The summed E-state index contributed by atoms with van der Waals surface area (Å²) < 4.78 is 5.35. The van der Waals surface area contributed by atoms with E-state index in [4.69, 9.17) is 10.00 Å². The predicted molar refractivity (Wildman–Crippen MR) is 109 cm³/mol. The van der Waals surface area contributed by atoms with Gasteiger partial charge in [0, 0.05) is 12.2 Å². The fourth-order valence-electron chi connectivity index (χ4n) is 2.75. The van der Waals surface area contributed by atoms with E-state index in [1.807, 2.05) is 36.4 Å². The van der Waals surface area contributed by atoms with Gasteiger partial charge in [0.1, 0.15) is 11.4 Å². The van der Waals surface area contributed by atoms with E-state index < -0.39 is 0 Å². The summed E-state index contributed by atoms with van der Waals surface area (Å²) in [5.41, 5.74) is 3.31. The molecule has 3 rings (SSSR count). The molecule has 6 nitrogen and oxygen atoms in total. The number of aromatic nitrogens is 1. The normalized spacial score (nSPS) is 10.0. The molecule has 0 unspecified atom stereocenters. The van der Waals surface area contributed by atoms with E-state index in [9.17, 15) is 4.79 Å². The first-order valence-corrected chi connectivity index (χ1v) is 8.83. The molecule has 2 aromatic carbocycles. The van der Waals surface area contributed by atoms with Gasteiger partial charge in [-0.05, 0) is 48.4 Å². The van der Waals surface area contributed by atoms with Crippen LogP contribution in [0.5, 0.6) is 5.75 Å². The number of nitriles is 1. The number of nitrogens with one attached hydrogen (secondary N) is 2. The summed E-state index contributed by atoms with van der Waals surface area (Å²) in [6.45, 7) is 0.717. The van der Waals surface area contributed by atoms with Crippen molar-refractivity contribution in [3.8, 4) is 11.8 Å². The summed E-state index contributed by atoms with van der Waals surface area (Å²) in [6.07, 6.45) is 2.43. The number of hydrogen-bond acceptors (Lipinski definition) is 5. The summed E-state index contributed by atoms with van der Waals surface area (Å²) in [7, 11) is 1.66. The van der Waals surface area contributed by atoms with Gasteiger partial charge in [0.2, 0.25) is 0 Å². The van der Waals surface area contributed by atoms with Crippen molar-refractivity contribution in [2.24, 2.45) is 0 Å². The van der Waals surface area contributed by atoms with Crippen LogP contribution in [-0.2, 0) is 6.42 Å². The Kier molecular flexibility index (Phi) is 6.21. The van der Waals surface area contributed by atoms with Crippen molar-refractivity contribution >= 4 is 17.3 Å². The van der Waals surface area contributed by atoms with Gasteiger partial charge in [-0.15, -0.1) is 0 Å². The van der Waals surface area contributed by atoms with Crippen molar-refractivity contribution in [3.05, 3.63) is 83.7 Å². The van der Waals surface area contributed by atoms with Crippen molar-refractivity contribution in [1.82, 2.24) is 4.98 Å². The Morgan fingerprint density at radius 3 is 2.71 bits per heavy atom. The number of benzene rings is 2. The molecule has 140 valence electrons. The number of hydrogen-bond donors (Lipinski definition) is 2. The van der Waals surface area contributed by atoms with Crippen LogP contribution in [0.4, 0.5) is 11.4 Å². The number of rotatable bonds is 7. The van der Waals surface area contributed by atoms with Crippen molar-refractivity contribution in [2.45, 2.75) is 6.42 Å². The van der Waals surface area contributed by atoms with Gasteiger partial charge in [-0.2, -0.15) is 5.26 Å². The first-order chi connectivity index (χ1) is 13.7. The van der Waals surface area contributed by atoms with E-state index in [0.717, 1.165) is 23.4 Å². The van der Waals surface area contributed by atoms with Crippen LogP contribution in [-0.4, -0.2) is 24.5 Å². The Bertz CT molecular complexity index is 994. The zero-order chi connectivity index (χ0) is 19.8. The Morgan fingerprint density at radius 1 is 1.11 bits per heavy atom. The second-order valence-corrected chi connectivity index (χ2v) is 6.07. The minimum Gasteiger partial charge on any atom is -0.496 e. The van der Waals surface area contributed by atoms with Crippen molar-refractivity contribution in [1.29, 1.82) is 5.26 Å². The SMILES string of the molecule is COc1ccccc1CCNc1ccc(C(=O)Nc2cccc(C#N)c2)nc1. The van der Waals surface area contributed by atoms with Gasteiger partial charge in [-0.25, -0.2) is 4.98 Å². The van der Waals surface area contributed by atoms with E-state index in [0.29, 0.717) is 23.5 Å². The fraction of sp³-hybridized carbons (Fsp3) is 0.136. The van der Waals surface area contributed by atoms with E-state index in [1.54, 1.807) is 43.6 Å². The largest absolute Gasteiger partial charge is 0.496 e. The van der Waals surface area contributed by atoms with Crippen molar-refractivity contribution < 1.29 is 9.53 Å². The van der Waals surface area contributed by atoms with Crippen LogP contribution >= 0.6 is 0 Å². The van der Waals surface area contributed by atoms with E-state index >= 15 is 0 Å². The number of methoxy groups -OCH3 is 1. The highest BCUT2D eigenvalue weighted by Crippen LogP contribution is 2.18. The van der Waals surface area contributed by atoms with Gasteiger partial charge in [-0.3, -0.25) is 4.79 Å². The number of carbonyl (C=O) groups is 1. The molecule has 0 aliphatic rings. The van der Waals surface area contributed by atoms with Crippen LogP contribution in [0, 0.1) is 11.3 Å². The zero-order valence-corrected chi connectivity index (χ0v) is 15.5. The molecule has 6 heteroatoms. The lowest BCUT2D eigenvalue weighted by atomic mass is 10.1. The Morgan fingerprint density at radius 2 is 1.96 bits per heavy atom. The van der Waals surface area contributed by atoms with Crippen LogP contribution < -0.4 is 15.4 Å². The monoisotopic (exact) mass is 372 g/mol. The van der Waals surface area contributed by atoms with Gasteiger partial charge in [0.25, 0.3) is 5.91 Å². The number of amides is 1. The highest BCUT2D eigenvalue weighted by atomic mass is 16.5. The molecule has 1 aromatic heterocycles. The topological polar surface area (TPSA) is 87.0 Å². The molecule has 1 amide bonds. The van der Waals surface area contributed by atoms with Gasteiger partial charge in [0.05, 0.1) is 30.6 Å². The molecule has 2 N–H and O–H groups in total. The molecule has 0 atom stereocenters. The molecule has 0 radical (unpaired) electrons. The Hall–Kier alpha value is -3.85. The molecule has 0 aliphatic carbocycles. The highest BCUT2D eigenvalue weighted by Gasteiger charge is 2.08. The van der Waals surface area contributed by atoms with Crippen LogP contribution in [0.2, 0.25) is 0 Å². The predicted octanol–water partition coefficient (Wildman–Crippen LogP) is 3.87. The quantitative estimate of drug-likeness (QED) is 0.657. The third kappa shape index (κ3) is 4.86. The average Bonchev–Trinajstić information content (AvgIpc) is 2.74. The minimum atomic E-state index is -0.323. The first kappa shape index (κ1) is 18.9. The number of nitrogens with zero attached hydrogens (tertiary/aromatic N) is 2. The van der Waals surface area contributed by atoms with Crippen molar-refractivity contribution in [3.63, 3.8) is 0 Å². The molecule has 3 aromatic rings. The number of ether oxygens (including phenoxy) is 1. The van der Waals surface area contributed by atoms with E-state index in [1.165, 1.54) is 0 Å². The third-order valence-electron chi connectivity index (χ3n) is 4.16. The first-order valence-electron chi connectivity index (χ1n) is 8.83. The van der Waals surface area contributed by atoms with Gasteiger partial charge >= 0.3 is 0 Å². The third-order valence-corrected chi connectivity index (χ3v) is 4.16. The molecule has 1 heterocycles. The summed E-state index contributed by atoms with van der Waals surface area (Å²) in [6, 6.07) is 20.2. The number of carbonyl (C=O) groups excluding carboxylic acids is 1. The second-order valence-electron chi connectivity index (χ2n) is 6.07. The van der Waals surface area contributed by atoms with Crippen molar-refractivity contribution in [2.75, 3.05) is 24.3 Å². The maximum atomic E-state index is 12.3. The number of anilines is 2. The molecular weight excluding hydrogens is 352 g/mol. The maximum absolute atomic E-state index is 12.3. The van der Waals surface area contributed by atoms with Gasteiger partial charge in [0.15, 0.2) is 0 Å². The molecule has 28 heavy (non-hydrogen) atoms. The lowest BCUT2D eigenvalue weighted by molar-refractivity contribution is 0.102. The van der Waals surface area contributed by atoms with Gasteiger partial charge in [-0.1, -0.05) is 24.3 Å². The lowest BCUT2D eigenvalue weighted by Crippen LogP contribution is -2.14. The Labute approximate surface area is 163 Å². The summed E-state index contributed by atoms with van der Waals surface area (Å²) in [5, 5.41) is 15.0. The standard InChI is InChI=1S/C22H20N4O2/c1-28-21-8-3-2-6-17(21)11-12-24-19-9-10-20(25-15-19)22(27)26-18-7-4-5-16(13-18)14-23/h2-10,13,15,24H,11-12H2,1H3,(H,26,27). The summed E-state index contributed by atoms with van der Waals surface area (Å²) in [5.74, 6) is 0.547. The maximum Gasteiger partial charge on any atom is 0.274 e. The molecule has 0 saturated heterocycles. The number of para-hydroxylation sites is 1. The second kappa shape index (κ2) is 9.19. The average molecular weight is 372 g/mol. The van der Waals surface area contributed by atoms with E-state index in [-0.39, 0.29) is 5.91 Å².